The molecule has 0 aliphatic carbocycles. The second kappa shape index (κ2) is 9.12. The number of hydrogen-bond acceptors (Lipinski definition) is 5. The molecule has 0 spiro atoms. The lowest BCUT2D eigenvalue weighted by molar-refractivity contribution is -0.126. The fourth-order valence-corrected chi connectivity index (χ4v) is 3.15. The van der Waals surface area contributed by atoms with Crippen LogP contribution in [-0.2, 0) is 22.5 Å². The molecule has 0 radical (unpaired) electrons. The van der Waals surface area contributed by atoms with Crippen molar-refractivity contribution in [1.82, 2.24) is 10.2 Å². The first-order chi connectivity index (χ1) is 13.6. The number of nitrogens with one attached hydrogen (secondary N) is 1. The van der Waals surface area contributed by atoms with Crippen molar-refractivity contribution in [2.24, 2.45) is 0 Å². The summed E-state index contributed by atoms with van der Waals surface area (Å²) in [7, 11) is 1.52. The third kappa shape index (κ3) is 4.73. The van der Waals surface area contributed by atoms with Gasteiger partial charge in [0.15, 0.2) is 0 Å². The van der Waals surface area contributed by atoms with E-state index in [1.54, 1.807) is 12.1 Å². The molecule has 2 aromatic carbocycles. The Kier molecular flexibility index (Phi) is 6.37. The molecule has 1 unspecified atom stereocenters. The van der Waals surface area contributed by atoms with E-state index in [9.17, 15) is 14.7 Å². The highest BCUT2D eigenvalue weighted by atomic mass is 16.6. The van der Waals surface area contributed by atoms with E-state index in [2.05, 4.69) is 5.32 Å². The van der Waals surface area contributed by atoms with E-state index >= 15 is 0 Å². The molecule has 1 fully saturated rings. The molecule has 7 nitrogen and oxygen atoms in total. The van der Waals surface area contributed by atoms with Crippen LogP contribution in [0.4, 0.5) is 4.79 Å². The van der Waals surface area contributed by atoms with Crippen LogP contribution in [0.2, 0.25) is 0 Å². The number of carbonyl (C=O) groups is 2. The van der Waals surface area contributed by atoms with Gasteiger partial charge in [0.1, 0.15) is 17.5 Å². The molecule has 1 atom stereocenters. The first-order valence-electron chi connectivity index (χ1n) is 9.19. The molecule has 28 heavy (non-hydrogen) atoms. The van der Waals surface area contributed by atoms with Crippen LogP contribution >= 0.6 is 0 Å². The van der Waals surface area contributed by atoms with E-state index in [1.807, 2.05) is 30.3 Å². The summed E-state index contributed by atoms with van der Waals surface area (Å²) in [4.78, 5) is 26.6. The van der Waals surface area contributed by atoms with Gasteiger partial charge in [0, 0.05) is 31.1 Å². The van der Waals surface area contributed by atoms with Crippen LogP contribution in [0.15, 0.2) is 48.5 Å². The molecule has 148 valence electrons. The summed E-state index contributed by atoms with van der Waals surface area (Å²) in [6, 6.07) is 13.7. The first-order valence-corrected chi connectivity index (χ1v) is 9.19. The van der Waals surface area contributed by atoms with Crippen LogP contribution in [0.5, 0.6) is 11.5 Å². The van der Waals surface area contributed by atoms with E-state index in [1.165, 1.54) is 18.1 Å². The number of phenols is 1. The molecule has 1 heterocycles. The molecular formula is C21H24N2O5. The van der Waals surface area contributed by atoms with Crippen LogP contribution in [0, 0.1) is 0 Å². The van der Waals surface area contributed by atoms with Gasteiger partial charge in [-0.15, -0.1) is 0 Å². The summed E-state index contributed by atoms with van der Waals surface area (Å²) in [6.45, 7) is 0.981. The predicted octanol–water partition coefficient (Wildman–Crippen LogP) is 2.47. The Labute approximate surface area is 163 Å². The molecule has 2 amide bonds. The lowest BCUT2D eigenvalue weighted by atomic mass is 10.0. The molecule has 2 aromatic rings. The van der Waals surface area contributed by atoms with E-state index in [4.69, 9.17) is 9.47 Å². The fourth-order valence-electron chi connectivity index (χ4n) is 3.15. The van der Waals surface area contributed by atoms with Gasteiger partial charge in [0.25, 0.3) is 0 Å². The minimum Gasteiger partial charge on any atom is -0.507 e. The lowest BCUT2D eigenvalue weighted by Gasteiger charge is -2.33. The van der Waals surface area contributed by atoms with Gasteiger partial charge >= 0.3 is 6.09 Å². The fraction of sp³-hybridized carbons (Fsp3) is 0.333. The van der Waals surface area contributed by atoms with Gasteiger partial charge in [-0.05, 0) is 24.1 Å². The maximum absolute atomic E-state index is 12.9. The first kappa shape index (κ1) is 19.5. The van der Waals surface area contributed by atoms with Gasteiger partial charge < -0.3 is 19.9 Å². The third-order valence-electron chi connectivity index (χ3n) is 4.70. The molecule has 1 saturated heterocycles. The Morgan fingerprint density at radius 3 is 2.75 bits per heavy atom. The van der Waals surface area contributed by atoms with Gasteiger partial charge in [-0.2, -0.15) is 0 Å². The average Bonchev–Trinajstić information content (AvgIpc) is 2.72. The van der Waals surface area contributed by atoms with E-state index in [-0.39, 0.29) is 18.2 Å². The standard InChI is InChI=1S/C21H24N2O5/c1-27-17-9-8-16(19(24)13-17)14-22-20(25)18(12-15-6-3-2-4-7-15)23-10-5-11-28-21(23)26/h2-4,6-9,13,18,24H,5,10-12,14H2,1H3,(H,22,25). The van der Waals surface area contributed by atoms with Crippen molar-refractivity contribution < 1.29 is 24.2 Å². The number of aromatic hydroxyl groups is 1. The van der Waals surface area contributed by atoms with Crippen molar-refractivity contribution in [1.29, 1.82) is 0 Å². The van der Waals surface area contributed by atoms with Gasteiger partial charge in [-0.3, -0.25) is 9.69 Å². The smallest absolute Gasteiger partial charge is 0.410 e. The van der Waals surface area contributed by atoms with Crippen molar-refractivity contribution in [2.45, 2.75) is 25.4 Å². The molecule has 1 aliphatic rings. The van der Waals surface area contributed by atoms with Crippen molar-refractivity contribution in [3.8, 4) is 11.5 Å². The zero-order chi connectivity index (χ0) is 19.9. The maximum atomic E-state index is 12.9. The molecule has 0 bridgehead atoms. The predicted molar refractivity (Wildman–Crippen MR) is 103 cm³/mol. The minimum atomic E-state index is -0.685. The second-order valence-electron chi connectivity index (χ2n) is 6.58. The molecule has 0 saturated carbocycles. The summed E-state index contributed by atoms with van der Waals surface area (Å²) in [5.41, 5.74) is 1.52. The second-order valence-corrected chi connectivity index (χ2v) is 6.58. The number of phenolic OH excluding ortho intramolecular Hbond substituents is 1. The van der Waals surface area contributed by atoms with Crippen LogP contribution in [-0.4, -0.2) is 48.3 Å². The van der Waals surface area contributed by atoms with Gasteiger partial charge in [0.2, 0.25) is 5.91 Å². The highest BCUT2D eigenvalue weighted by Crippen LogP contribution is 2.23. The Hall–Kier alpha value is -3.22. The highest BCUT2D eigenvalue weighted by Gasteiger charge is 2.32. The highest BCUT2D eigenvalue weighted by molar-refractivity contribution is 5.86. The number of methoxy groups -OCH3 is 1. The lowest BCUT2D eigenvalue weighted by Crippen LogP contribution is -2.53. The van der Waals surface area contributed by atoms with Crippen LogP contribution in [0.1, 0.15) is 17.5 Å². The van der Waals surface area contributed by atoms with Crippen LogP contribution in [0.25, 0.3) is 0 Å². The summed E-state index contributed by atoms with van der Waals surface area (Å²) in [5, 5.41) is 12.9. The Morgan fingerprint density at radius 2 is 2.07 bits per heavy atom. The Bertz CT molecular complexity index is 825. The van der Waals surface area contributed by atoms with Crippen LogP contribution in [0.3, 0.4) is 0 Å². The summed E-state index contributed by atoms with van der Waals surface area (Å²) < 4.78 is 10.2. The zero-order valence-corrected chi connectivity index (χ0v) is 15.8. The number of rotatable bonds is 7. The van der Waals surface area contributed by atoms with Crippen LogP contribution < -0.4 is 10.1 Å². The van der Waals surface area contributed by atoms with Crippen molar-refractivity contribution in [3.63, 3.8) is 0 Å². The largest absolute Gasteiger partial charge is 0.507 e. The summed E-state index contributed by atoms with van der Waals surface area (Å²) >= 11 is 0. The number of hydrogen-bond donors (Lipinski definition) is 2. The molecule has 3 rings (SSSR count). The van der Waals surface area contributed by atoms with Crippen molar-refractivity contribution in [2.75, 3.05) is 20.3 Å². The van der Waals surface area contributed by atoms with Crippen molar-refractivity contribution >= 4 is 12.0 Å². The number of ether oxygens (including phenoxy) is 2. The molecule has 2 N–H and O–H groups in total. The topological polar surface area (TPSA) is 88.1 Å². The summed E-state index contributed by atoms with van der Waals surface area (Å²) in [5.74, 6) is 0.278. The SMILES string of the molecule is COc1ccc(CNC(=O)C(Cc2ccccc2)N2CCCOC2=O)c(O)c1. The van der Waals surface area contributed by atoms with Gasteiger partial charge in [-0.1, -0.05) is 30.3 Å². The van der Waals surface area contributed by atoms with E-state index in [0.717, 1.165) is 5.56 Å². The molecule has 1 aliphatic heterocycles. The quantitative estimate of drug-likeness (QED) is 0.766. The van der Waals surface area contributed by atoms with E-state index in [0.29, 0.717) is 37.3 Å². The van der Waals surface area contributed by atoms with Gasteiger partial charge in [-0.25, -0.2) is 4.79 Å². The Morgan fingerprint density at radius 1 is 1.29 bits per heavy atom. The number of nitrogens with zero attached hydrogens (tertiary/aromatic N) is 1. The number of cyclic esters (lactones) is 1. The minimum absolute atomic E-state index is 0.0386. The zero-order valence-electron chi connectivity index (χ0n) is 15.8. The average molecular weight is 384 g/mol. The molecule has 0 aromatic heterocycles. The maximum Gasteiger partial charge on any atom is 0.410 e. The Balaban J connectivity index is 1.73. The molecule has 7 heteroatoms. The number of benzene rings is 2. The molecular weight excluding hydrogens is 360 g/mol. The number of amides is 2. The van der Waals surface area contributed by atoms with Crippen molar-refractivity contribution in [3.05, 3.63) is 59.7 Å². The van der Waals surface area contributed by atoms with E-state index < -0.39 is 12.1 Å². The van der Waals surface area contributed by atoms with Gasteiger partial charge in [0.05, 0.1) is 13.7 Å². The number of carbonyl (C=O) groups excluding carboxylic acids is 2. The normalized spacial score (nSPS) is 14.9. The summed E-state index contributed by atoms with van der Waals surface area (Å²) in [6.07, 6.45) is 0.592. The monoisotopic (exact) mass is 384 g/mol. The third-order valence-corrected chi connectivity index (χ3v) is 4.70.